The second-order valence-corrected chi connectivity index (χ2v) is 4.83. The van der Waals surface area contributed by atoms with Gasteiger partial charge in [0.05, 0.1) is 5.52 Å². The van der Waals surface area contributed by atoms with Gasteiger partial charge in [-0.15, -0.1) is 11.3 Å². The van der Waals surface area contributed by atoms with Crippen molar-refractivity contribution in [2.24, 2.45) is 0 Å². The number of amides is 1. The Balaban J connectivity index is 2.58. The molecule has 0 aliphatic carbocycles. The van der Waals surface area contributed by atoms with Crippen molar-refractivity contribution in [1.82, 2.24) is 10.0 Å². The average Bonchev–Trinajstić information content (AvgIpc) is 2.56. The summed E-state index contributed by atoms with van der Waals surface area (Å²) in [4.78, 5) is 40.6. The Bertz CT molecular complexity index is 856. The molecule has 0 aliphatic heterocycles. The van der Waals surface area contributed by atoms with E-state index < -0.39 is 35.3 Å². The number of carbonyl (C=O) groups is 2. The molecule has 2 rings (SSSR count). The van der Waals surface area contributed by atoms with Crippen LogP contribution in [0.1, 0.15) is 16.8 Å². The fourth-order valence-electron chi connectivity index (χ4n) is 2.10. The number of rotatable bonds is 7. The van der Waals surface area contributed by atoms with Gasteiger partial charge in [0.2, 0.25) is 0 Å². The molecule has 1 amide bonds. The van der Waals surface area contributed by atoms with Gasteiger partial charge in [-0.05, 0) is 12.1 Å². The van der Waals surface area contributed by atoms with E-state index >= 15 is 0 Å². The molecule has 0 radical (unpaired) electrons. The highest BCUT2D eigenvalue weighted by Gasteiger charge is 2.23. The van der Waals surface area contributed by atoms with E-state index in [9.17, 15) is 19.5 Å². The number of para-hydroxylation sites is 1. The van der Waals surface area contributed by atoms with Crippen LogP contribution in [-0.4, -0.2) is 40.0 Å². The minimum atomic E-state index is -1.27. The van der Waals surface area contributed by atoms with Crippen LogP contribution in [0.3, 0.4) is 0 Å². The predicted octanol–water partition coefficient (Wildman–Crippen LogP) is 0.526. The molecule has 0 fully saturated rings. The molecule has 8 nitrogen and oxygen atoms in total. The van der Waals surface area contributed by atoms with Crippen molar-refractivity contribution in [3.63, 3.8) is 0 Å². The number of carbonyl (C=O) groups excluding carboxylic acids is 1. The van der Waals surface area contributed by atoms with Gasteiger partial charge in [-0.3, -0.25) is 14.4 Å². The van der Waals surface area contributed by atoms with Crippen molar-refractivity contribution >= 4 is 22.8 Å². The fourth-order valence-corrected chi connectivity index (χ4v) is 2.10. The maximum atomic E-state index is 12.5. The summed E-state index contributed by atoms with van der Waals surface area (Å²) in [6.45, 7) is 3.02. The molecule has 8 heteroatoms. The first kappa shape index (κ1) is 17.1. The number of nitrogens with zero attached hydrogens (tertiary/aromatic N) is 1. The molecular weight excluding hydrogens is 316 g/mol. The molecule has 1 heterocycles. The summed E-state index contributed by atoms with van der Waals surface area (Å²) in [6.07, 6.45) is 2.08. The number of pyridine rings is 1. The van der Waals surface area contributed by atoms with Crippen LogP contribution >= 0.6 is 0 Å². The second-order valence-electron chi connectivity index (χ2n) is 4.83. The number of carboxylic acids is 1. The van der Waals surface area contributed by atoms with Gasteiger partial charge in [0.15, 0.2) is 5.56 Å². The lowest BCUT2D eigenvalue weighted by Gasteiger charge is -2.14. The number of fused-ring (bicyclic) bond motifs is 1. The number of aromatic hydroxyl groups is 1. The molecule has 3 N–H and O–H groups in total. The van der Waals surface area contributed by atoms with Gasteiger partial charge in [0, 0.05) is 11.8 Å². The van der Waals surface area contributed by atoms with E-state index in [2.05, 4.69) is 11.9 Å². The summed E-state index contributed by atoms with van der Waals surface area (Å²) in [5.41, 5.74) is -1.16. The SMILES string of the molecule is C=CCCOn1c(=O)c(C(=O)NCC(=O)O)c(O)c2ccccc21. The first-order valence-corrected chi connectivity index (χ1v) is 7.08. The van der Waals surface area contributed by atoms with E-state index in [0.717, 1.165) is 4.73 Å². The fraction of sp³-hybridized carbons (Fsp3) is 0.188. The topological polar surface area (TPSA) is 118 Å². The zero-order chi connectivity index (χ0) is 17.7. The molecule has 1 aromatic carbocycles. The first-order valence-electron chi connectivity index (χ1n) is 7.08. The zero-order valence-corrected chi connectivity index (χ0v) is 12.7. The van der Waals surface area contributed by atoms with Crippen LogP contribution in [0.5, 0.6) is 5.75 Å². The largest absolute Gasteiger partial charge is 0.506 e. The highest BCUT2D eigenvalue weighted by molar-refractivity contribution is 6.02. The highest BCUT2D eigenvalue weighted by Crippen LogP contribution is 2.25. The van der Waals surface area contributed by atoms with Gasteiger partial charge in [-0.25, -0.2) is 0 Å². The van der Waals surface area contributed by atoms with Gasteiger partial charge in [0.25, 0.3) is 11.5 Å². The van der Waals surface area contributed by atoms with E-state index in [0.29, 0.717) is 11.9 Å². The summed E-state index contributed by atoms with van der Waals surface area (Å²) in [5.74, 6) is -2.79. The minimum absolute atomic E-state index is 0.147. The monoisotopic (exact) mass is 332 g/mol. The Hall–Kier alpha value is -3.29. The van der Waals surface area contributed by atoms with Crippen molar-refractivity contribution in [2.45, 2.75) is 6.42 Å². The van der Waals surface area contributed by atoms with Gasteiger partial charge in [-0.2, -0.15) is 0 Å². The average molecular weight is 332 g/mol. The molecule has 0 atom stereocenters. The number of benzene rings is 1. The maximum absolute atomic E-state index is 12.5. The predicted molar refractivity (Wildman–Crippen MR) is 86.1 cm³/mol. The Kier molecular flexibility index (Phi) is 5.20. The number of carboxylic acid groups (broad SMARTS) is 1. The Labute approximate surface area is 136 Å². The first-order chi connectivity index (χ1) is 11.5. The Morgan fingerprint density at radius 2 is 2.04 bits per heavy atom. The normalized spacial score (nSPS) is 10.3. The van der Waals surface area contributed by atoms with Gasteiger partial charge in [-0.1, -0.05) is 18.2 Å². The third-order valence-corrected chi connectivity index (χ3v) is 3.18. The van der Waals surface area contributed by atoms with Crippen molar-refractivity contribution in [1.29, 1.82) is 0 Å². The van der Waals surface area contributed by atoms with Crippen LogP contribution in [0, 0.1) is 0 Å². The van der Waals surface area contributed by atoms with E-state index in [-0.39, 0.29) is 12.0 Å². The zero-order valence-electron chi connectivity index (χ0n) is 12.7. The summed E-state index contributed by atoms with van der Waals surface area (Å²) < 4.78 is 0.911. The summed E-state index contributed by atoms with van der Waals surface area (Å²) >= 11 is 0. The highest BCUT2D eigenvalue weighted by atomic mass is 16.7. The molecule has 0 saturated heterocycles. The lowest BCUT2D eigenvalue weighted by atomic mass is 10.1. The Morgan fingerprint density at radius 1 is 1.33 bits per heavy atom. The molecule has 126 valence electrons. The summed E-state index contributed by atoms with van der Waals surface area (Å²) in [5, 5.41) is 21.2. The quantitative estimate of drug-likeness (QED) is 0.503. The molecule has 0 aliphatic rings. The lowest BCUT2D eigenvalue weighted by molar-refractivity contribution is -0.135. The molecule has 2 aromatic rings. The molecular formula is C16H16N2O6. The molecule has 0 saturated carbocycles. The number of hydrogen-bond donors (Lipinski definition) is 3. The molecule has 24 heavy (non-hydrogen) atoms. The minimum Gasteiger partial charge on any atom is -0.506 e. The van der Waals surface area contributed by atoms with E-state index in [1.807, 2.05) is 0 Å². The smallest absolute Gasteiger partial charge is 0.322 e. The van der Waals surface area contributed by atoms with Gasteiger partial charge in [0.1, 0.15) is 18.9 Å². The number of nitrogens with one attached hydrogen (secondary N) is 1. The van der Waals surface area contributed by atoms with Crippen LogP contribution < -0.4 is 15.7 Å². The van der Waals surface area contributed by atoms with Crippen molar-refractivity contribution < 1.29 is 24.6 Å². The third-order valence-electron chi connectivity index (χ3n) is 3.18. The number of aromatic nitrogens is 1. The van der Waals surface area contributed by atoms with Crippen LogP contribution in [0.15, 0.2) is 41.7 Å². The van der Waals surface area contributed by atoms with Crippen LogP contribution in [0.2, 0.25) is 0 Å². The molecule has 0 bridgehead atoms. The maximum Gasteiger partial charge on any atom is 0.322 e. The van der Waals surface area contributed by atoms with Crippen LogP contribution in [0.4, 0.5) is 0 Å². The van der Waals surface area contributed by atoms with Crippen LogP contribution in [-0.2, 0) is 4.79 Å². The molecule has 1 aromatic heterocycles. The summed E-state index contributed by atoms with van der Waals surface area (Å²) in [6, 6.07) is 6.35. The number of aliphatic carboxylic acids is 1. The van der Waals surface area contributed by atoms with Gasteiger partial charge >= 0.3 is 5.97 Å². The Morgan fingerprint density at radius 3 is 2.71 bits per heavy atom. The van der Waals surface area contributed by atoms with E-state index in [4.69, 9.17) is 9.94 Å². The van der Waals surface area contributed by atoms with Crippen molar-refractivity contribution in [2.75, 3.05) is 13.2 Å². The summed E-state index contributed by atoms with van der Waals surface area (Å²) in [7, 11) is 0. The van der Waals surface area contributed by atoms with E-state index in [1.54, 1.807) is 24.3 Å². The molecule has 0 unspecified atom stereocenters. The lowest BCUT2D eigenvalue weighted by Crippen LogP contribution is -2.37. The van der Waals surface area contributed by atoms with E-state index in [1.165, 1.54) is 6.07 Å². The number of hydrogen-bond acceptors (Lipinski definition) is 5. The van der Waals surface area contributed by atoms with Gasteiger partial charge < -0.3 is 20.4 Å². The standard InChI is InChI=1S/C16H16N2O6/c1-2-3-8-24-18-11-7-5-4-6-10(11)14(21)13(16(18)23)15(22)17-9-12(19)20/h2,4-7,21H,1,3,8-9H2,(H,17,22)(H,19,20). The molecule has 0 spiro atoms. The van der Waals surface area contributed by atoms with Crippen molar-refractivity contribution in [3.8, 4) is 5.75 Å². The second kappa shape index (κ2) is 7.32. The third kappa shape index (κ3) is 3.37. The van der Waals surface area contributed by atoms with Crippen LogP contribution in [0.25, 0.3) is 10.9 Å². The van der Waals surface area contributed by atoms with Crippen molar-refractivity contribution in [3.05, 3.63) is 52.8 Å².